The zero-order chi connectivity index (χ0) is 44.4. The molecule has 10 aromatic carbocycles. The Hall–Kier alpha value is -7.34. The topological polar surface area (TPSA) is 3.24 Å². The van der Waals surface area contributed by atoms with Crippen LogP contribution in [0.5, 0.6) is 0 Å². The summed E-state index contributed by atoms with van der Waals surface area (Å²) in [6.45, 7) is 4.74. The molecular formula is C63H41NS3. The Labute approximate surface area is 401 Å². The highest BCUT2D eigenvalue weighted by Crippen LogP contribution is 2.55. The van der Waals surface area contributed by atoms with Crippen molar-refractivity contribution in [3.63, 3.8) is 0 Å². The van der Waals surface area contributed by atoms with Crippen LogP contribution in [0, 0.1) is 0 Å². The molecule has 4 heteroatoms. The zero-order valence-electron chi connectivity index (χ0n) is 36.9. The van der Waals surface area contributed by atoms with Gasteiger partial charge in [-0.15, -0.1) is 34.0 Å². The number of hydrogen-bond donors (Lipinski definition) is 0. The fraction of sp³-hybridized carbons (Fsp3) is 0.0476. The predicted octanol–water partition coefficient (Wildman–Crippen LogP) is 19.6. The van der Waals surface area contributed by atoms with Crippen LogP contribution in [-0.4, -0.2) is 0 Å². The minimum absolute atomic E-state index is 0.0259. The van der Waals surface area contributed by atoms with E-state index in [4.69, 9.17) is 0 Å². The van der Waals surface area contributed by atoms with Gasteiger partial charge in [0.1, 0.15) is 0 Å². The molecule has 316 valence electrons. The number of fused-ring (bicyclic) bond motifs is 13. The summed E-state index contributed by atoms with van der Waals surface area (Å²) in [5, 5.41) is 7.95. The molecule has 0 aliphatic heterocycles. The third-order valence-corrected chi connectivity index (χ3v) is 18.0. The van der Waals surface area contributed by atoms with Crippen LogP contribution in [0.4, 0.5) is 17.1 Å². The van der Waals surface area contributed by atoms with E-state index in [9.17, 15) is 0 Å². The quantitative estimate of drug-likeness (QED) is 0.161. The summed E-state index contributed by atoms with van der Waals surface area (Å²) in [6, 6.07) is 79.1. The summed E-state index contributed by atoms with van der Waals surface area (Å²) < 4.78 is 8.04. The van der Waals surface area contributed by atoms with Gasteiger partial charge in [0.2, 0.25) is 0 Å². The number of benzene rings is 10. The highest BCUT2D eigenvalue weighted by Gasteiger charge is 2.37. The summed E-state index contributed by atoms with van der Waals surface area (Å²) >= 11 is 5.72. The van der Waals surface area contributed by atoms with E-state index in [2.05, 4.69) is 231 Å². The van der Waals surface area contributed by atoms with Crippen LogP contribution in [0.15, 0.2) is 212 Å². The van der Waals surface area contributed by atoms with E-state index in [0.717, 1.165) is 17.1 Å². The summed E-state index contributed by atoms with van der Waals surface area (Å²) in [7, 11) is 0. The second-order valence-corrected chi connectivity index (χ2v) is 21.5. The van der Waals surface area contributed by atoms with Gasteiger partial charge in [0.25, 0.3) is 0 Å². The van der Waals surface area contributed by atoms with Crippen molar-refractivity contribution in [3.05, 3.63) is 223 Å². The number of hydrogen-bond acceptors (Lipinski definition) is 4. The normalized spacial score (nSPS) is 13.0. The van der Waals surface area contributed by atoms with Crippen LogP contribution < -0.4 is 4.90 Å². The largest absolute Gasteiger partial charge is 0.311 e. The molecule has 0 fully saturated rings. The Morgan fingerprint density at radius 3 is 1.19 bits per heavy atom. The second kappa shape index (κ2) is 14.8. The molecule has 0 bridgehead atoms. The average molecular weight is 908 g/mol. The lowest BCUT2D eigenvalue weighted by molar-refractivity contribution is 0.661. The molecule has 1 nitrogen and oxygen atoms in total. The summed E-state index contributed by atoms with van der Waals surface area (Å²) in [5.41, 5.74) is 16.4. The molecule has 0 amide bonds. The minimum Gasteiger partial charge on any atom is -0.311 e. The molecule has 0 spiro atoms. The Balaban J connectivity index is 0.874. The average Bonchev–Trinajstić information content (AvgIpc) is 4.13. The number of thiophene rings is 3. The third kappa shape index (κ3) is 5.90. The van der Waals surface area contributed by atoms with Crippen molar-refractivity contribution in [2.24, 2.45) is 0 Å². The predicted molar refractivity (Wildman–Crippen MR) is 294 cm³/mol. The number of anilines is 3. The molecule has 0 saturated heterocycles. The van der Waals surface area contributed by atoms with Gasteiger partial charge in [-0.25, -0.2) is 0 Å². The van der Waals surface area contributed by atoms with Gasteiger partial charge in [-0.05, 0) is 98.6 Å². The summed E-state index contributed by atoms with van der Waals surface area (Å²) in [4.78, 5) is 2.40. The van der Waals surface area contributed by atoms with Crippen LogP contribution in [0.3, 0.4) is 0 Å². The van der Waals surface area contributed by atoms with Crippen LogP contribution in [-0.2, 0) is 5.41 Å². The monoisotopic (exact) mass is 907 g/mol. The first-order valence-corrected chi connectivity index (χ1v) is 25.4. The van der Waals surface area contributed by atoms with Crippen molar-refractivity contribution >= 4 is 112 Å². The van der Waals surface area contributed by atoms with Crippen molar-refractivity contribution in [1.82, 2.24) is 0 Å². The van der Waals surface area contributed by atoms with Crippen molar-refractivity contribution in [3.8, 4) is 44.5 Å². The lowest BCUT2D eigenvalue weighted by Crippen LogP contribution is -2.14. The molecule has 13 aromatic rings. The van der Waals surface area contributed by atoms with Crippen molar-refractivity contribution in [2.45, 2.75) is 19.3 Å². The molecular weight excluding hydrogens is 867 g/mol. The Morgan fingerprint density at radius 2 is 0.687 bits per heavy atom. The molecule has 3 aromatic heterocycles. The molecule has 3 heterocycles. The highest BCUT2D eigenvalue weighted by atomic mass is 32.1. The summed E-state index contributed by atoms with van der Waals surface area (Å²) in [6.07, 6.45) is 0. The maximum Gasteiger partial charge on any atom is 0.0462 e. The first-order valence-electron chi connectivity index (χ1n) is 23.0. The Bertz CT molecular complexity index is 3950. The maximum atomic E-state index is 2.40. The zero-order valence-corrected chi connectivity index (χ0v) is 39.3. The van der Waals surface area contributed by atoms with Gasteiger partial charge >= 0.3 is 0 Å². The molecule has 1 aliphatic rings. The van der Waals surface area contributed by atoms with Crippen LogP contribution in [0.25, 0.3) is 105 Å². The molecule has 67 heavy (non-hydrogen) atoms. The van der Waals surface area contributed by atoms with Gasteiger partial charge in [0, 0.05) is 88.6 Å². The fourth-order valence-electron chi connectivity index (χ4n) is 11.0. The van der Waals surface area contributed by atoms with Gasteiger partial charge in [-0.3, -0.25) is 0 Å². The first-order chi connectivity index (χ1) is 33.0. The molecule has 0 atom stereocenters. The molecule has 0 saturated carbocycles. The lowest BCUT2D eigenvalue weighted by atomic mass is 9.82. The molecule has 0 unspecified atom stereocenters. The lowest BCUT2D eigenvalue weighted by Gasteiger charge is -2.26. The van der Waals surface area contributed by atoms with Crippen LogP contribution in [0.1, 0.15) is 25.0 Å². The molecule has 0 N–H and O–H groups in total. The molecule has 1 aliphatic carbocycles. The van der Waals surface area contributed by atoms with Gasteiger partial charge in [0.05, 0.1) is 0 Å². The SMILES string of the molecule is CC1(C)c2ccccc2-c2c1ccc1c2sc2c(-c3ccc(N(c4ccc(-c5cccc6c5sc5ccccc56)cc4)c4ccc(-c5cccc6c5sc5ccccc56)cc4)cc3)cccc21. The van der Waals surface area contributed by atoms with Gasteiger partial charge < -0.3 is 4.90 Å². The van der Waals surface area contributed by atoms with E-state index in [-0.39, 0.29) is 5.41 Å². The molecule has 14 rings (SSSR count). The molecule has 0 radical (unpaired) electrons. The first kappa shape index (κ1) is 38.9. The summed E-state index contributed by atoms with van der Waals surface area (Å²) in [5.74, 6) is 0. The van der Waals surface area contributed by atoms with Crippen molar-refractivity contribution < 1.29 is 0 Å². The standard InChI is InChI=1S/C63H41NS3/c1-63(2)54-21-6-3-14-53(54)58-55(63)37-36-52-51-20-11-17-46(61(51)67-62(52)58)40-28-34-43(35-29-40)64(41-30-24-38(25-31-41)44-15-9-18-49-47-12-4-7-22-56(47)65-59(44)49)42-32-26-39(27-33-42)45-16-10-19-50-48-13-5-8-23-57(48)66-60(45)50/h3-37H,1-2H3. The van der Waals surface area contributed by atoms with E-state index in [0.29, 0.717) is 0 Å². The van der Waals surface area contributed by atoms with Crippen LogP contribution in [0.2, 0.25) is 0 Å². The van der Waals surface area contributed by atoms with E-state index >= 15 is 0 Å². The minimum atomic E-state index is -0.0259. The van der Waals surface area contributed by atoms with Gasteiger partial charge in [-0.1, -0.05) is 178 Å². The Kier molecular flexibility index (Phi) is 8.61. The Morgan fingerprint density at radius 1 is 0.299 bits per heavy atom. The van der Waals surface area contributed by atoms with E-state index in [1.807, 2.05) is 34.0 Å². The van der Waals surface area contributed by atoms with Crippen LogP contribution >= 0.6 is 34.0 Å². The fourth-order valence-corrected chi connectivity index (χ4v) is 14.9. The van der Waals surface area contributed by atoms with Crippen molar-refractivity contribution in [1.29, 1.82) is 0 Å². The number of rotatable bonds is 6. The second-order valence-electron chi connectivity index (χ2n) is 18.4. The maximum absolute atomic E-state index is 2.40. The third-order valence-electron chi connectivity index (χ3n) is 14.3. The van der Waals surface area contributed by atoms with E-state index < -0.39 is 0 Å². The van der Waals surface area contributed by atoms with Gasteiger partial charge in [0.15, 0.2) is 0 Å². The smallest absolute Gasteiger partial charge is 0.0462 e. The van der Waals surface area contributed by atoms with E-state index in [1.54, 1.807) is 0 Å². The van der Waals surface area contributed by atoms with Gasteiger partial charge in [-0.2, -0.15) is 0 Å². The highest BCUT2D eigenvalue weighted by molar-refractivity contribution is 7.27. The van der Waals surface area contributed by atoms with E-state index in [1.165, 1.54) is 116 Å². The van der Waals surface area contributed by atoms with Crippen molar-refractivity contribution in [2.75, 3.05) is 4.90 Å². The number of nitrogens with zero attached hydrogens (tertiary/aromatic N) is 1.